The van der Waals surface area contributed by atoms with Gasteiger partial charge in [0.15, 0.2) is 0 Å². The van der Waals surface area contributed by atoms with Gasteiger partial charge in [-0.3, -0.25) is 0 Å². The van der Waals surface area contributed by atoms with E-state index in [4.69, 9.17) is 10.8 Å². The highest BCUT2D eigenvalue weighted by Gasteiger charge is 2.05. The molecule has 0 aliphatic carbocycles. The Morgan fingerprint density at radius 3 is 2.19 bits per heavy atom. The Morgan fingerprint density at radius 2 is 1.88 bits per heavy atom. The van der Waals surface area contributed by atoms with Crippen LogP contribution >= 0.6 is 0 Å². The molecular weight excluding hydrogens is 202 g/mol. The predicted molar refractivity (Wildman–Crippen MR) is 68.9 cm³/mol. The molecule has 1 atom stereocenters. The van der Waals surface area contributed by atoms with E-state index >= 15 is 0 Å². The van der Waals surface area contributed by atoms with Crippen LogP contribution in [0.1, 0.15) is 20.8 Å². The lowest BCUT2D eigenvalue weighted by molar-refractivity contribution is -0.132. The molecule has 0 amide bonds. The third-order valence-corrected chi connectivity index (χ3v) is 1.70. The summed E-state index contributed by atoms with van der Waals surface area (Å²) >= 11 is 0. The normalized spacial score (nSPS) is 13.2. The van der Waals surface area contributed by atoms with Crippen LogP contribution in [0.2, 0.25) is 0 Å². The van der Waals surface area contributed by atoms with Gasteiger partial charge in [0.2, 0.25) is 0 Å². The second-order valence-electron chi connectivity index (χ2n) is 2.83. The lowest BCUT2D eigenvalue weighted by Crippen LogP contribution is -2.07. The summed E-state index contributed by atoms with van der Waals surface area (Å²) in [6.07, 6.45) is 6.28. The second kappa shape index (κ2) is 9.77. The molecule has 0 aromatic carbocycles. The van der Waals surface area contributed by atoms with Crippen LogP contribution in [0.3, 0.4) is 0 Å². The van der Waals surface area contributed by atoms with Gasteiger partial charge in [-0.25, -0.2) is 4.79 Å². The van der Waals surface area contributed by atoms with E-state index in [0.29, 0.717) is 0 Å². The zero-order valence-corrected chi connectivity index (χ0v) is 10.2. The van der Waals surface area contributed by atoms with E-state index in [-0.39, 0.29) is 17.2 Å². The number of hydrogen-bond donors (Lipinski definition) is 2. The number of carboxylic acids is 1. The topological polar surface area (TPSA) is 63.3 Å². The molecule has 3 N–H and O–H groups in total. The smallest absolute Gasteiger partial charge is 0.337 e. The second-order valence-corrected chi connectivity index (χ2v) is 2.83. The van der Waals surface area contributed by atoms with Gasteiger partial charge in [0, 0.05) is 5.70 Å². The molecule has 3 heteroatoms. The summed E-state index contributed by atoms with van der Waals surface area (Å²) in [7, 11) is 0. The maximum absolute atomic E-state index is 10.6. The van der Waals surface area contributed by atoms with E-state index in [2.05, 4.69) is 13.2 Å². The van der Waals surface area contributed by atoms with Crippen molar-refractivity contribution in [3.05, 3.63) is 48.7 Å². The van der Waals surface area contributed by atoms with E-state index in [1.54, 1.807) is 18.2 Å². The first-order valence-electron chi connectivity index (χ1n) is 5.19. The van der Waals surface area contributed by atoms with Gasteiger partial charge in [0.05, 0.1) is 5.57 Å². The summed E-state index contributed by atoms with van der Waals surface area (Å²) < 4.78 is 0. The Kier molecular flexibility index (Phi) is 10.2. The minimum absolute atomic E-state index is 0.0116. The van der Waals surface area contributed by atoms with Gasteiger partial charge in [-0.2, -0.15) is 0 Å². The molecule has 0 aliphatic heterocycles. The van der Waals surface area contributed by atoms with Gasteiger partial charge >= 0.3 is 5.97 Å². The molecule has 1 unspecified atom stereocenters. The first kappa shape index (κ1) is 16.7. The van der Waals surface area contributed by atoms with Crippen molar-refractivity contribution in [2.45, 2.75) is 20.8 Å². The SMILES string of the molecule is C=C/C(C(=O)O)=C(N)\C=C/C(C)C=C.CC. The molecule has 0 saturated heterocycles. The molecule has 3 nitrogen and oxygen atoms in total. The average Bonchev–Trinajstić information content (AvgIpc) is 2.29. The van der Waals surface area contributed by atoms with Crippen LogP contribution in [0, 0.1) is 5.92 Å². The van der Waals surface area contributed by atoms with Crippen molar-refractivity contribution < 1.29 is 9.90 Å². The molecular formula is C13H21NO2. The van der Waals surface area contributed by atoms with Gasteiger partial charge in [-0.15, -0.1) is 6.58 Å². The van der Waals surface area contributed by atoms with Crippen molar-refractivity contribution in [1.29, 1.82) is 0 Å². The van der Waals surface area contributed by atoms with Gasteiger partial charge in [0.25, 0.3) is 0 Å². The molecule has 0 fully saturated rings. The van der Waals surface area contributed by atoms with Gasteiger partial charge < -0.3 is 10.8 Å². The fourth-order valence-electron chi connectivity index (χ4n) is 0.752. The number of rotatable bonds is 5. The highest BCUT2D eigenvalue weighted by Crippen LogP contribution is 2.05. The maximum Gasteiger partial charge on any atom is 0.337 e. The third kappa shape index (κ3) is 6.65. The van der Waals surface area contributed by atoms with Crippen LogP contribution < -0.4 is 5.73 Å². The van der Waals surface area contributed by atoms with Crippen LogP contribution in [-0.4, -0.2) is 11.1 Å². The number of aliphatic carboxylic acids is 1. The molecule has 90 valence electrons. The van der Waals surface area contributed by atoms with E-state index in [1.807, 2.05) is 20.8 Å². The van der Waals surface area contributed by atoms with Crippen LogP contribution in [0.4, 0.5) is 0 Å². The number of hydrogen-bond acceptors (Lipinski definition) is 2. The van der Waals surface area contributed by atoms with Crippen LogP contribution in [0.15, 0.2) is 48.7 Å². The first-order chi connectivity index (χ1) is 7.52. The van der Waals surface area contributed by atoms with Crippen molar-refractivity contribution in [3.63, 3.8) is 0 Å². The van der Waals surface area contributed by atoms with Crippen molar-refractivity contribution >= 4 is 5.97 Å². The summed E-state index contributed by atoms with van der Waals surface area (Å²) in [5.41, 5.74) is 5.75. The molecule has 0 bridgehead atoms. The molecule has 0 aromatic rings. The molecule has 0 aromatic heterocycles. The number of allylic oxidation sites excluding steroid dienone is 3. The molecule has 0 rings (SSSR count). The van der Waals surface area contributed by atoms with Crippen molar-refractivity contribution in [1.82, 2.24) is 0 Å². The average molecular weight is 223 g/mol. The Balaban J connectivity index is 0. The summed E-state index contributed by atoms with van der Waals surface area (Å²) in [6.45, 7) is 12.9. The number of carbonyl (C=O) groups is 1. The molecule has 0 spiro atoms. The van der Waals surface area contributed by atoms with Crippen molar-refractivity contribution in [3.8, 4) is 0 Å². The van der Waals surface area contributed by atoms with E-state index < -0.39 is 5.97 Å². The zero-order valence-electron chi connectivity index (χ0n) is 10.2. The standard InChI is InChI=1S/C11H15NO2.C2H6/c1-4-8(3)6-7-10(12)9(5-2)11(13)14;1-2/h4-8H,1-2,12H2,3H3,(H,13,14);1-2H3/b7-6-,10-9-;. The predicted octanol–water partition coefficient (Wildman–Crippen LogP) is 2.87. The molecule has 16 heavy (non-hydrogen) atoms. The monoisotopic (exact) mass is 223 g/mol. The number of nitrogens with two attached hydrogens (primary N) is 1. The fraction of sp³-hybridized carbons (Fsp3) is 0.308. The lowest BCUT2D eigenvalue weighted by Gasteiger charge is -2.00. The molecule has 0 heterocycles. The lowest BCUT2D eigenvalue weighted by atomic mass is 10.1. The van der Waals surface area contributed by atoms with Crippen LogP contribution in [-0.2, 0) is 4.79 Å². The highest BCUT2D eigenvalue weighted by atomic mass is 16.4. The van der Waals surface area contributed by atoms with Gasteiger partial charge in [0.1, 0.15) is 0 Å². The number of carboxylic acid groups (broad SMARTS) is 1. The Labute approximate surface area is 97.7 Å². The minimum atomic E-state index is -1.08. The van der Waals surface area contributed by atoms with E-state index in [9.17, 15) is 4.79 Å². The van der Waals surface area contributed by atoms with Crippen LogP contribution in [0.5, 0.6) is 0 Å². The van der Waals surface area contributed by atoms with Gasteiger partial charge in [-0.1, -0.05) is 45.6 Å². The first-order valence-corrected chi connectivity index (χ1v) is 5.19. The Hall–Kier alpha value is -1.77. The summed E-state index contributed by atoms with van der Waals surface area (Å²) in [5.74, 6) is -0.915. The van der Waals surface area contributed by atoms with E-state index in [0.717, 1.165) is 0 Å². The largest absolute Gasteiger partial charge is 0.478 e. The molecule has 0 radical (unpaired) electrons. The third-order valence-electron chi connectivity index (χ3n) is 1.70. The van der Waals surface area contributed by atoms with E-state index in [1.165, 1.54) is 6.08 Å². The summed E-state index contributed by atoms with van der Waals surface area (Å²) in [6, 6.07) is 0. The Bertz CT molecular complexity index is 301. The molecule has 0 aliphatic rings. The summed E-state index contributed by atoms with van der Waals surface area (Å²) in [4.78, 5) is 10.6. The van der Waals surface area contributed by atoms with Gasteiger partial charge in [-0.05, 0) is 12.0 Å². The van der Waals surface area contributed by atoms with Crippen molar-refractivity contribution in [2.75, 3.05) is 0 Å². The zero-order chi connectivity index (χ0) is 13.1. The van der Waals surface area contributed by atoms with Crippen molar-refractivity contribution in [2.24, 2.45) is 11.7 Å². The molecule has 0 saturated carbocycles. The Morgan fingerprint density at radius 1 is 1.38 bits per heavy atom. The summed E-state index contributed by atoms with van der Waals surface area (Å²) in [5, 5.41) is 8.70. The van der Waals surface area contributed by atoms with Crippen LogP contribution in [0.25, 0.3) is 0 Å². The minimum Gasteiger partial charge on any atom is -0.478 e. The quantitative estimate of drug-likeness (QED) is 0.428. The fourth-order valence-corrected chi connectivity index (χ4v) is 0.752. The maximum atomic E-state index is 10.6. The highest BCUT2D eigenvalue weighted by molar-refractivity contribution is 5.91.